The second kappa shape index (κ2) is 6.22. The van der Waals surface area contributed by atoms with Crippen molar-refractivity contribution in [2.75, 3.05) is 13.2 Å². The van der Waals surface area contributed by atoms with Crippen molar-refractivity contribution < 1.29 is 9.47 Å². The van der Waals surface area contributed by atoms with Gasteiger partial charge in [-0.2, -0.15) is 0 Å². The Morgan fingerprint density at radius 3 is 2.90 bits per heavy atom. The van der Waals surface area contributed by atoms with E-state index in [1.165, 1.54) is 11.1 Å². The number of hydrogen-bond donors (Lipinski definition) is 2. The minimum absolute atomic E-state index is 0.147. The fourth-order valence-electron chi connectivity index (χ4n) is 3.55. The minimum atomic E-state index is 0.147. The van der Waals surface area contributed by atoms with E-state index in [4.69, 9.17) is 15.3 Å². The van der Waals surface area contributed by atoms with Crippen molar-refractivity contribution in [3.05, 3.63) is 35.4 Å². The zero-order valence-corrected chi connectivity index (χ0v) is 12.0. The Morgan fingerprint density at radius 2 is 2.15 bits per heavy atom. The Balaban J connectivity index is 1.73. The van der Waals surface area contributed by atoms with E-state index in [9.17, 15) is 0 Å². The van der Waals surface area contributed by atoms with Gasteiger partial charge in [-0.15, -0.1) is 0 Å². The molecule has 110 valence electrons. The summed E-state index contributed by atoms with van der Waals surface area (Å²) in [5.74, 6) is 6.26. The van der Waals surface area contributed by atoms with Gasteiger partial charge in [0.2, 0.25) is 0 Å². The van der Waals surface area contributed by atoms with E-state index in [0.717, 1.165) is 32.5 Å². The van der Waals surface area contributed by atoms with Crippen LogP contribution in [0.5, 0.6) is 0 Å². The van der Waals surface area contributed by atoms with Crippen LogP contribution in [0.15, 0.2) is 24.3 Å². The molecule has 2 aliphatic heterocycles. The summed E-state index contributed by atoms with van der Waals surface area (Å²) in [7, 11) is 0. The Bertz CT molecular complexity index is 452. The van der Waals surface area contributed by atoms with Crippen LogP contribution in [0.1, 0.15) is 37.0 Å². The van der Waals surface area contributed by atoms with Gasteiger partial charge in [0.15, 0.2) is 0 Å². The topological polar surface area (TPSA) is 56.5 Å². The van der Waals surface area contributed by atoms with Gasteiger partial charge in [0.1, 0.15) is 0 Å². The summed E-state index contributed by atoms with van der Waals surface area (Å²) in [5, 5.41) is 0. The molecule has 3 N–H and O–H groups in total. The number of nitrogens with two attached hydrogens (primary N) is 1. The number of fused-ring (bicyclic) bond motifs is 1. The first-order valence-electron chi connectivity index (χ1n) is 7.56. The highest BCUT2D eigenvalue weighted by Crippen LogP contribution is 2.34. The van der Waals surface area contributed by atoms with Gasteiger partial charge in [-0.3, -0.25) is 11.3 Å². The first-order chi connectivity index (χ1) is 9.79. The highest BCUT2D eigenvalue weighted by atomic mass is 16.5. The van der Waals surface area contributed by atoms with Gasteiger partial charge in [-0.25, -0.2) is 0 Å². The Hall–Kier alpha value is -0.940. The normalized spacial score (nSPS) is 31.0. The van der Waals surface area contributed by atoms with Crippen molar-refractivity contribution in [3.63, 3.8) is 0 Å². The number of hydrogen-bond acceptors (Lipinski definition) is 4. The standard InChI is InChI=1S/C16H24N2O2/c1-11-13(7-9-19-11)15(18-17)10-16-14-5-3-2-4-12(14)6-8-20-16/h2-5,11,13,15-16,18H,6-10,17H2,1H3. The predicted molar refractivity (Wildman–Crippen MR) is 78.1 cm³/mol. The lowest BCUT2D eigenvalue weighted by molar-refractivity contribution is 0.0186. The number of hydrazine groups is 1. The molecule has 3 rings (SSSR count). The van der Waals surface area contributed by atoms with Crippen LogP contribution in [-0.2, 0) is 15.9 Å². The third kappa shape index (κ3) is 2.74. The Labute approximate surface area is 120 Å². The van der Waals surface area contributed by atoms with Crippen molar-refractivity contribution in [2.24, 2.45) is 11.8 Å². The maximum absolute atomic E-state index is 6.00. The largest absolute Gasteiger partial charge is 0.378 e. The highest BCUT2D eigenvalue weighted by Gasteiger charge is 2.34. The fraction of sp³-hybridized carbons (Fsp3) is 0.625. The van der Waals surface area contributed by atoms with Gasteiger partial charge in [0, 0.05) is 18.6 Å². The van der Waals surface area contributed by atoms with Crippen LogP contribution in [-0.4, -0.2) is 25.4 Å². The first kappa shape index (κ1) is 14.0. The summed E-state index contributed by atoms with van der Waals surface area (Å²) < 4.78 is 11.7. The SMILES string of the molecule is CC1OCCC1C(CC1OCCc2ccccc21)NN. The molecule has 4 unspecified atom stereocenters. The van der Waals surface area contributed by atoms with E-state index in [0.29, 0.717) is 5.92 Å². The maximum atomic E-state index is 6.00. The van der Waals surface area contributed by atoms with Gasteiger partial charge in [-0.1, -0.05) is 24.3 Å². The van der Waals surface area contributed by atoms with E-state index in [1.54, 1.807) is 0 Å². The lowest BCUT2D eigenvalue weighted by Gasteiger charge is -2.32. The van der Waals surface area contributed by atoms with Gasteiger partial charge in [0.05, 0.1) is 18.8 Å². The van der Waals surface area contributed by atoms with Crippen LogP contribution in [0.4, 0.5) is 0 Å². The van der Waals surface area contributed by atoms with Crippen molar-refractivity contribution in [2.45, 2.75) is 44.4 Å². The Morgan fingerprint density at radius 1 is 1.30 bits per heavy atom. The Kier molecular flexibility index (Phi) is 4.36. The average molecular weight is 276 g/mol. The van der Waals surface area contributed by atoms with E-state index < -0.39 is 0 Å². The zero-order chi connectivity index (χ0) is 13.9. The quantitative estimate of drug-likeness (QED) is 0.652. The molecule has 0 radical (unpaired) electrons. The molecule has 4 nitrogen and oxygen atoms in total. The molecule has 0 saturated carbocycles. The molecule has 0 aliphatic carbocycles. The molecule has 1 fully saturated rings. The monoisotopic (exact) mass is 276 g/mol. The van der Waals surface area contributed by atoms with E-state index in [-0.39, 0.29) is 18.2 Å². The van der Waals surface area contributed by atoms with Crippen LogP contribution in [0, 0.1) is 5.92 Å². The molecule has 2 aliphatic rings. The van der Waals surface area contributed by atoms with Gasteiger partial charge < -0.3 is 9.47 Å². The molecule has 0 bridgehead atoms. The fourth-order valence-corrected chi connectivity index (χ4v) is 3.55. The number of nitrogens with one attached hydrogen (secondary N) is 1. The van der Waals surface area contributed by atoms with Crippen molar-refractivity contribution >= 4 is 0 Å². The average Bonchev–Trinajstić information content (AvgIpc) is 2.91. The molecule has 1 aromatic rings. The second-order valence-corrected chi connectivity index (χ2v) is 5.85. The summed E-state index contributed by atoms with van der Waals surface area (Å²) in [6.07, 6.45) is 3.41. The van der Waals surface area contributed by atoms with Gasteiger partial charge in [-0.05, 0) is 37.3 Å². The number of benzene rings is 1. The lowest BCUT2D eigenvalue weighted by atomic mass is 9.86. The van der Waals surface area contributed by atoms with Crippen LogP contribution in [0.2, 0.25) is 0 Å². The second-order valence-electron chi connectivity index (χ2n) is 5.85. The lowest BCUT2D eigenvalue weighted by Crippen LogP contribution is -2.44. The molecule has 1 aromatic carbocycles. The van der Waals surface area contributed by atoms with Crippen LogP contribution < -0.4 is 11.3 Å². The summed E-state index contributed by atoms with van der Waals surface area (Å²) >= 11 is 0. The maximum Gasteiger partial charge on any atom is 0.0843 e. The smallest absolute Gasteiger partial charge is 0.0843 e. The number of rotatable bonds is 4. The zero-order valence-electron chi connectivity index (χ0n) is 12.0. The summed E-state index contributed by atoms with van der Waals surface area (Å²) in [5.41, 5.74) is 5.73. The first-order valence-corrected chi connectivity index (χ1v) is 7.56. The van der Waals surface area contributed by atoms with Crippen LogP contribution in [0.25, 0.3) is 0 Å². The van der Waals surface area contributed by atoms with Crippen LogP contribution >= 0.6 is 0 Å². The molecule has 0 aromatic heterocycles. The third-order valence-corrected chi connectivity index (χ3v) is 4.73. The summed E-state index contributed by atoms with van der Waals surface area (Å²) in [6, 6.07) is 8.82. The molecule has 0 spiro atoms. The van der Waals surface area contributed by atoms with Crippen molar-refractivity contribution in [1.29, 1.82) is 0 Å². The molecule has 1 saturated heterocycles. The number of ether oxygens (including phenoxy) is 2. The van der Waals surface area contributed by atoms with E-state index >= 15 is 0 Å². The van der Waals surface area contributed by atoms with Crippen LogP contribution in [0.3, 0.4) is 0 Å². The molecular weight excluding hydrogens is 252 g/mol. The van der Waals surface area contributed by atoms with Crippen molar-refractivity contribution in [1.82, 2.24) is 5.43 Å². The highest BCUT2D eigenvalue weighted by molar-refractivity contribution is 5.31. The molecule has 2 heterocycles. The third-order valence-electron chi connectivity index (χ3n) is 4.73. The minimum Gasteiger partial charge on any atom is -0.378 e. The molecular formula is C16H24N2O2. The molecule has 20 heavy (non-hydrogen) atoms. The molecule has 4 atom stereocenters. The predicted octanol–water partition coefficient (Wildman–Crippen LogP) is 1.95. The van der Waals surface area contributed by atoms with Gasteiger partial charge in [0.25, 0.3) is 0 Å². The molecule has 0 amide bonds. The van der Waals surface area contributed by atoms with Crippen molar-refractivity contribution in [3.8, 4) is 0 Å². The summed E-state index contributed by atoms with van der Waals surface area (Å²) in [6.45, 7) is 3.78. The summed E-state index contributed by atoms with van der Waals surface area (Å²) in [4.78, 5) is 0. The van der Waals surface area contributed by atoms with E-state index in [1.807, 2.05) is 0 Å². The van der Waals surface area contributed by atoms with E-state index in [2.05, 4.69) is 36.6 Å². The van der Waals surface area contributed by atoms with Gasteiger partial charge >= 0.3 is 0 Å². The molecule has 4 heteroatoms.